The van der Waals surface area contributed by atoms with Crippen molar-refractivity contribution in [2.24, 2.45) is 10.7 Å². The Morgan fingerprint density at radius 1 is 1.22 bits per heavy atom. The molecule has 3 heterocycles. The molecule has 0 spiro atoms. The molecule has 8 heteroatoms. The molecule has 2 aliphatic rings. The van der Waals surface area contributed by atoms with Crippen molar-refractivity contribution >= 4 is 52.1 Å². The van der Waals surface area contributed by atoms with E-state index in [2.05, 4.69) is 49.9 Å². The Balaban J connectivity index is 0.00000210. The Morgan fingerprint density at radius 3 is 2.78 bits per heavy atom. The van der Waals surface area contributed by atoms with Crippen LogP contribution in [0.2, 0.25) is 0 Å². The number of benzene rings is 1. The SMILES string of the molecule is CN1CCCc2cc(CN=C(N)N3CCN(c4nccs4)CC3)ccc21.I. The summed E-state index contributed by atoms with van der Waals surface area (Å²) in [4.78, 5) is 15.9. The van der Waals surface area contributed by atoms with Crippen LogP contribution >= 0.6 is 35.3 Å². The second-order valence-corrected chi connectivity index (χ2v) is 7.82. The van der Waals surface area contributed by atoms with E-state index < -0.39 is 0 Å². The fourth-order valence-corrected chi connectivity index (χ4v) is 4.40. The molecule has 0 saturated carbocycles. The molecule has 6 nitrogen and oxygen atoms in total. The van der Waals surface area contributed by atoms with Gasteiger partial charge in [0, 0.05) is 57.0 Å². The maximum atomic E-state index is 6.26. The van der Waals surface area contributed by atoms with Gasteiger partial charge in [-0.05, 0) is 30.0 Å². The summed E-state index contributed by atoms with van der Waals surface area (Å²) < 4.78 is 0. The largest absolute Gasteiger partial charge is 0.374 e. The Labute approximate surface area is 182 Å². The van der Waals surface area contributed by atoms with Gasteiger partial charge >= 0.3 is 0 Å². The number of nitrogens with zero attached hydrogens (tertiary/aromatic N) is 5. The molecule has 1 saturated heterocycles. The third-order valence-corrected chi connectivity index (χ3v) is 6.04. The third-order valence-electron chi connectivity index (χ3n) is 5.21. The monoisotopic (exact) mass is 498 g/mol. The van der Waals surface area contributed by atoms with Crippen molar-refractivity contribution in [1.82, 2.24) is 9.88 Å². The number of nitrogens with two attached hydrogens (primary N) is 1. The lowest BCUT2D eigenvalue weighted by atomic mass is 10.00. The molecule has 1 fully saturated rings. The van der Waals surface area contributed by atoms with Gasteiger partial charge in [-0.1, -0.05) is 12.1 Å². The van der Waals surface area contributed by atoms with E-state index in [-0.39, 0.29) is 24.0 Å². The highest BCUT2D eigenvalue weighted by Crippen LogP contribution is 2.27. The standard InChI is InChI=1S/C19H26N6S.HI/c1-23-7-2-3-16-13-15(4-5-17(16)23)14-22-18(20)24-8-10-25(11-9-24)19-21-6-12-26-19;/h4-6,12-13H,2-3,7-11,14H2,1H3,(H2,20,22);1H. The zero-order valence-electron chi connectivity index (χ0n) is 15.7. The Bertz CT molecular complexity index is 771. The van der Waals surface area contributed by atoms with Crippen LogP contribution in [-0.2, 0) is 13.0 Å². The van der Waals surface area contributed by atoms with E-state index in [0.717, 1.165) is 44.3 Å². The summed E-state index contributed by atoms with van der Waals surface area (Å²) in [5.74, 6) is 0.652. The lowest BCUT2D eigenvalue weighted by Crippen LogP contribution is -2.51. The predicted octanol–water partition coefficient (Wildman–Crippen LogP) is 2.78. The molecule has 0 aliphatic carbocycles. The first-order valence-electron chi connectivity index (χ1n) is 9.23. The molecule has 0 bridgehead atoms. The summed E-state index contributed by atoms with van der Waals surface area (Å²) >= 11 is 1.69. The molecule has 2 aromatic rings. The van der Waals surface area contributed by atoms with Gasteiger partial charge in [-0.3, -0.25) is 0 Å². The minimum absolute atomic E-state index is 0. The van der Waals surface area contributed by atoms with Gasteiger partial charge < -0.3 is 20.4 Å². The summed E-state index contributed by atoms with van der Waals surface area (Å²) in [5, 5.41) is 3.12. The molecular weight excluding hydrogens is 471 g/mol. The van der Waals surface area contributed by atoms with Crippen LogP contribution in [0.25, 0.3) is 0 Å². The quantitative estimate of drug-likeness (QED) is 0.401. The minimum atomic E-state index is 0. The number of aromatic nitrogens is 1. The second-order valence-electron chi connectivity index (χ2n) is 6.95. The van der Waals surface area contributed by atoms with E-state index in [4.69, 9.17) is 5.73 Å². The fourth-order valence-electron chi connectivity index (χ4n) is 3.71. The lowest BCUT2D eigenvalue weighted by molar-refractivity contribution is 0.380. The van der Waals surface area contributed by atoms with Crippen molar-refractivity contribution in [2.75, 3.05) is 49.6 Å². The normalized spacial score (nSPS) is 17.5. The number of aryl methyl sites for hydroxylation is 1. The van der Waals surface area contributed by atoms with Crippen molar-refractivity contribution in [3.05, 3.63) is 40.9 Å². The summed E-state index contributed by atoms with van der Waals surface area (Å²) in [6.45, 7) is 5.46. The fraction of sp³-hybridized carbons (Fsp3) is 0.474. The molecule has 0 atom stereocenters. The lowest BCUT2D eigenvalue weighted by Gasteiger charge is -2.35. The number of fused-ring (bicyclic) bond motifs is 1. The number of aliphatic imine (C=N–C) groups is 1. The maximum absolute atomic E-state index is 6.26. The number of thiazole rings is 1. The van der Waals surface area contributed by atoms with Crippen molar-refractivity contribution in [3.63, 3.8) is 0 Å². The number of anilines is 2. The third kappa shape index (κ3) is 4.66. The van der Waals surface area contributed by atoms with Crippen LogP contribution in [0.15, 0.2) is 34.8 Å². The zero-order valence-corrected chi connectivity index (χ0v) is 18.8. The predicted molar refractivity (Wildman–Crippen MR) is 125 cm³/mol. The average Bonchev–Trinajstić information content (AvgIpc) is 3.21. The van der Waals surface area contributed by atoms with Crippen LogP contribution < -0.4 is 15.5 Å². The number of guanidine groups is 1. The minimum Gasteiger partial charge on any atom is -0.374 e. The number of hydrogen-bond donors (Lipinski definition) is 1. The number of halogens is 1. The average molecular weight is 498 g/mol. The molecule has 1 aromatic heterocycles. The van der Waals surface area contributed by atoms with E-state index in [9.17, 15) is 0 Å². The van der Waals surface area contributed by atoms with E-state index in [1.54, 1.807) is 11.3 Å². The molecule has 0 unspecified atom stereocenters. The summed E-state index contributed by atoms with van der Waals surface area (Å²) in [7, 11) is 2.17. The second kappa shape index (κ2) is 9.09. The molecule has 2 aliphatic heterocycles. The summed E-state index contributed by atoms with van der Waals surface area (Å²) in [6.07, 6.45) is 4.24. The van der Waals surface area contributed by atoms with E-state index in [0.29, 0.717) is 12.5 Å². The van der Waals surface area contributed by atoms with Crippen LogP contribution in [0.1, 0.15) is 17.5 Å². The summed E-state index contributed by atoms with van der Waals surface area (Å²) in [6, 6.07) is 6.70. The first-order valence-corrected chi connectivity index (χ1v) is 10.1. The first kappa shape index (κ1) is 20.2. The van der Waals surface area contributed by atoms with Gasteiger partial charge in [0.15, 0.2) is 11.1 Å². The van der Waals surface area contributed by atoms with Crippen LogP contribution in [0.4, 0.5) is 10.8 Å². The molecule has 0 amide bonds. The van der Waals surface area contributed by atoms with E-state index >= 15 is 0 Å². The van der Waals surface area contributed by atoms with Crippen molar-refractivity contribution in [1.29, 1.82) is 0 Å². The van der Waals surface area contributed by atoms with Gasteiger partial charge in [0.1, 0.15) is 0 Å². The molecule has 1 aromatic carbocycles. The molecular formula is C19H27IN6S. The molecule has 27 heavy (non-hydrogen) atoms. The Kier molecular flexibility index (Phi) is 6.80. The van der Waals surface area contributed by atoms with Crippen molar-refractivity contribution in [2.45, 2.75) is 19.4 Å². The van der Waals surface area contributed by atoms with Gasteiger partial charge in [0.25, 0.3) is 0 Å². The van der Waals surface area contributed by atoms with Gasteiger partial charge in [-0.2, -0.15) is 0 Å². The highest BCUT2D eigenvalue weighted by Gasteiger charge is 2.20. The molecule has 146 valence electrons. The Morgan fingerprint density at radius 2 is 2.04 bits per heavy atom. The van der Waals surface area contributed by atoms with Gasteiger partial charge in [-0.15, -0.1) is 35.3 Å². The van der Waals surface area contributed by atoms with Gasteiger partial charge in [0.2, 0.25) is 0 Å². The molecule has 4 rings (SSSR count). The maximum Gasteiger partial charge on any atom is 0.191 e. The number of piperazine rings is 1. The van der Waals surface area contributed by atoms with Crippen LogP contribution in [0.5, 0.6) is 0 Å². The number of rotatable bonds is 3. The van der Waals surface area contributed by atoms with Crippen LogP contribution in [0, 0.1) is 0 Å². The Hall–Kier alpha value is -1.55. The number of hydrogen-bond acceptors (Lipinski definition) is 5. The summed E-state index contributed by atoms with van der Waals surface area (Å²) in [5.41, 5.74) is 10.3. The van der Waals surface area contributed by atoms with Crippen LogP contribution in [-0.4, -0.2) is 55.6 Å². The van der Waals surface area contributed by atoms with E-state index in [1.165, 1.54) is 23.2 Å². The zero-order chi connectivity index (χ0) is 17.9. The van der Waals surface area contributed by atoms with Gasteiger partial charge in [0.05, 0.1) is 6.54 Å². The van der Waals surface area contributed by atoms with Crippen molar-refractivity contribution in [3.8, 4) is 0 Å². The van der Waals surface area contributed by atoms with Crippen molar-refractivity contribution < 1.29 is 0 Å². The topological polar surface area (TPSA) is 61.0 Å². The highest BCUT2D eigenvalue weighted by molar-refractivity contribution is 14.0. The highest BCUT2D eigenvalue weighted by atomic mass is 127. The first-order chi connectivity index (χ1) is 12.7. The molecule has 2 N–H and O–H groups in total. The van der Waals surface area contributed by atoms with Gasteiger partial charge in [-0.25, -0.2) is 9.98 Å². The molecule has 0 radical (unpaired) electrons. The van der Waals surface area contributed by atoms with Crippen LogP contribution in [0.3, 0.4) is 0 Å². The van der Waals surface area contributed by atoms with E-state index in [1.807, 2.05) is 11.6 Å². The smallest absolute Gasteiger partial charge is 0.191 e.